The largest absolute Gasteiger partial charge is 0.505 e. The molecule has 0 aromatic heterocycles. The lowest BCUT2D eigenvalue weighted by Gasteiger charge is -2.22. The molecule has 2 atom stereocenters. The van der Waals surface area contributed by atoms with Crippen LogP contribution in [0.2, 0.25) is 0 Å². The average molecular weight is 1940 g/mol. The van der Waals surface area contributed by atoms with Gasteiger partial charge in [0.05, 0.1) is 126 Å². The van der Waals surface area contributed by atoms with Gasteiger partial charge in [0.25, 0.3) is 0 Å². The zero-order valence-corrected chi connectivity index (χ0v) is 79.1. The van der Waals surface area contributed by atoms with Gasteiger partial charge < -0.3 is 114 Å². The number of carboxylic acids is 2. The Morgan fingerprint density at radius 1 is 0.403 bits per heavy atom. The number of Topliss-reactive ketones (excluding diaryl/α,β-unsaturated/α-hetero) is 4. The van der Waals surface area contributed by atoms with Crippen molar-refractivity contribution in [1.82, 2.24) is 10.6 Å². The maximum atomic E-state index is 12.8. The molecule has 2 amide bonds. The van der Waals surface area contributed by atoms with Gasteiger partial charge in [-0.1, -0.05) is 190 Å². The summed E-state index contributed by atoms with van der Waals surface area (Å²) >= 11 is 0. The molecule has 0 saturated carbocycles. The fourth-order valence-electron chi connectivity index (χ4n) is 12.4. The van der Waals surface area contributed by atoms with Crippen LogP contribution in [0.3, 0.4) is 0 Å². The van der Waals surface area contributed by atoms with E-state index in [0.29, 0.717) is 147 Å². The lowest BCUT2D eigenvalue weighted by Crippen LogP contribution is -2.32. The zero-order chi connectivity index (χ0) is 99.2. The first kappa shape index (κ1) is 128. The van der Waals surface area contributed by atoms with E-state index in [2.05, 4.69) is 55.0 Å². The van der Waals surface area contributed by atoms with Crippen LogP contribution in [0, 0.1) is 0 Å². The number of esters is 1. The van der Waals surface area contributed by atoms with Gasteiger partial charge in [0, 0.05) is 81.7 Å². The highest BCUT2D eigenvalue weighted by Gasteiger charge is 2.30. The topological polar surface area (TPSA) is 449 Å². The van der Waals surface area contributed by atoms with Crippen molar-refractivity contribution in [3.8, 4) is 45.6 Å². The van der Waals surface area contributed by atoms with Crippen molar-refractivity contribution in [3.63, 3.8) is 0 Å². The Labute approximate surface area is 821 Å². The second-order valence-electron chi connectivity index (χ2n) is 29.4. The van der Waals surface area contributed by atoms with Crippen molar-refractivity contribution in [3.05, 3.63) is 263 Å². The molecule has 1 aliphatic rings. The molecule has 1 aliphatic carbocycles. The number of aliphatic hydroxyl groups excluding tert-OH is 2. The molecule has 0 aliphatic heterocycles. The number of benzene rings is 8. The van der Waals surface area contributed by atoms with Crippen molar-refractivity contribution in [1.29, 1.82) is 0 Å². The van der Waals surface area contributed by atoms with Crippen molar-refractivity contribution in [2.24, 2.45) is 11.5 Å². The number of rotatable bonds is 57. The van der Waals surface area contributed by atoms with E-state index < -0.39 is 23.9 Å². The van der Waals surface area contributed by atoms with Gasteiger partial charge in [0.15, 0.2) is 34.7 Å². The number of amides is 2. The Balaban J connectivity index is 0. The molecule has 0 saturated heterocycles. The number of hydrogen-bond donors (Lipinski definition) is 8. The molecule has 0 fully saturated rings. The van der Waals surface area contributed by atoms with E-state index in [9.17, 15) is 43.2 Å². The second kappa shape index (κ2) is 79.2. The number of allylic oxidation sites excluding steroid dienone is 2. The van der Waals surface area contributed by atoms with Gasteiger partial charge in [-0.3, -0.25) is 33.6 Å². The van der Waals surface area contributed by atoms with E-state index in [1.807, 2.05) is 166 Å². The van der Waals surface area contributed by atoms with Crippen LogP contribution in [0.5, 0.6) is 34.5 Å². The van der Waals surface area contributed by atoms with Gasteiger partial charge in [0.1, 0.15) is 67.5 Å². The number of nitrogens with two attached hydrogens (primary N) is 2. The normalized spacial score (nSPS) is 10.8. The fraction of sp³-hybridized carbons (Fsp3) is 0.430. The van der Waals surface area contributed by atoms with Crippen LogP contribution in [-0.2, 0) is 98.6 Å². The third-order valence-electron chi connectivity index (χ3n) is 18.9. The smallest absolute Gasteiger partial charge is 0.329 e. The van der Waals surface area contributed by atoms with E-state index in [1.54, 1.807) is 46.6 Å². The number of fused-ring (bicyclic) bond motifs is 3. The van der Waals surface area contributed by atoms with Crippen molar-refractivity contribution < 1.29 is 135 Å². The van der Waals surface area contributed by atoms with Gasteiger partial charge in [-0.05, 0) is 139 Å². The Kier molecular flexibility index (Phi) is 73.1. The number of ketones is 4. The predicted molar refractivity (Wildman–Crippen MR) is 539 cm³/mol. The number of nitrogens with one attached hydrogen (secondary N) is 2. The summed E-state index contributed by atoms with van der Waals surface area (Å²) in [6.07, 6.45) is 4.61. The molecule has 0 bridgehead atoms. The number of carboxylic acid groups (broad SMARTS) is 2. The van der Waals surface area contributed by atoms with Gasteiger partial charge in [-0.2, -0.15) is 0 Å². The lowest BCUT2D eigenvalue weighted by atomic mass is 9.97. The summed E-state index contributed by atoms with van der Waals surface area (Å²) < 4.78 is 78.5. The molecule has 32 heteroatoms. The number of hydrogen-bond acceptors (Lipinski definition) is 28. The molecule has 9 rings (SSSR count). The minimum Gasteiger partial charge on any atom is -0.505 e. The molecule has 0 heterocycles. The summed E-state index contributed by atoms with van der Waals surface area (Å²) in [6, 6.07) is 60.9. The molecular weight excluding hydrogens is 1790 g/mol. The van der Waals surface area contributed by atoms with Crippen LogP contribution in [0.4, 0.5) is 0 Å². The number of unbranched alkanes of at least 4 members (excludes halogenated alkanes) is 1. The summed E-state index contributed by atoms with van der Waals surface area (Å²) in [4.78, 5) is 101. The van der Waals surface area contributed by atoms with Crippen molar-refractivity contribution >= 4 is 52.9 Å². The Hall–Kier alpha value is -12.7. The third kappa shape index (κ3) is 56.1. The summed E-state index contributed by atoms with van der Waals surface area (Å²) in [5.41, 5.74) is 20.8. The number of methoxy groups -OCH3 is 4. The van der Waals surface area contributed by atoms with E-state index in [0.717, 1.165) is 64.3 Å². The van der Waals surface area contributed by atoms with E-state index >= 15 is 0 Å². The van der Waals surface area contributed by atoms with Gasteiger partial charge >= 0.3 is 17.9 Å². The summed E-state index contributed by atoms with van der Waals surface area (Å²) in [6.45, 7) is 22.2. The van der Waals surface area contributed by atoms with Crippen LogP contribution in [0.25, 0.3) is 11.1 Å². The summed E-state index contributed by atoms with van der Waals surface area (Å²) in [5.74, 6) is -0.198. The zero-order valence-electron chi connectivity index (χ0n) is 79.1. The Morgan fingerprint density at radius 3 is 1.14 bits per heavy atom. The average Bonchev–Trinajstić information content (AvgIpc) is 1.61. The molecule has 32 nitrogen and oxygen atoms in total. The minimum atomic E-state index is -1.00. The molecule has 8 aromatic carbocycles. The molecule has 139 heavy (non-hydrogen) atoms. The molecule has 10 N–H and O–H groups in total. The van der Waals surface area contributed by atoms with Crippen LogP contribution < -0.4 is 50.5 Å². The molecule has 8 aromatic rings. The lowest BCUT2D eigenvalue weighted by molar-refractivity contribution is -0.145. The Bertz CT molecular complexity index is 4640. The van der Waals surface area contributed by atoms with Crippen LogP contribution >= 0.6 is 0 Å². The first-order chi connectivity index (χ1) is 65.2. The summed E-state index contributed by atoms with van der Waals surface area (Å²) in [7, 11) is 6.32. The number of aliphatic hydroxyl groups is 2. The summed E-state index contributed by atoms with van der Waals surface area (Å²) in [5, 5.41) is 40.1. The minimum absolute atomic E-state index is 0. The Morgan fingerprint density at radius 2 is 0.770 bits per heavy atom. The molecule has 2 unspecified atom stereocenters. The first-order valence-electron chi connectivity index (χ1n) is 44.4. The van der Waals surface area contributed by atoms with Crippen LogP contribution in [0.15, 0.2) is 219 Å². The maximum Gasteiger partial charge on any atom is 0.329 e. The highest BCUT2D eigenvalue weighted by Crippen LogP contribution is 2.45. The standard InChI is InChI=1S/C25H34N2O7.C22H24O6.C19H23NO4.2C11H12O2.C8H16O4.C7H15NO3.4CH4/c1-4-34-20-7-5-18(6-8-20)25(22-10-9-21(30-2)16-23(22)31-3)27-24(29)15-19(28)17-33-14-13-32-12-11-26;23-21(24)15-27-13-12-26-11-5-10-22(25)28-14-20-18-8-3-1-6-16(18)17-7-2-4-9-19(17)20;1-5-24-15-8-6-14(7-9-15)19(20-13(2)21)17-11-10-16(22-3)12-18(17)23-4;2*1-9(12)11(13)8-7-10-5-3-2-4-6-10;1-2-3-4-11-5-6-12-7-8(9)10;1-7(9)6-11-5-4-10-3-2-8;;;;/h5-10,16,25H,4,11-15,17,26H2,1-3H3,(H,27,29);1-4,6-9,20H,5,10-15H2,(H,23,24);6-12,19H,5H2,1-4H3,(H,20,21);2*2-6,12H,1,7-8H2;2-7H2,1H3,(H,9,10);2-6,8H2,1H3;4*1H4. The van der Waals surface area contributed by atoms with E-state index in [4.69, 9.17) is 103 Å². The highest BCUT2D eigenvalue weighted by molar-refractivity contribution is 5.99. The molecular formula is C107H152N4O28. The molecule has 0 radical (unpaired) electrons. The van der Waals surface area contributed by atoms with Gasteiger partial charge in [-0.25, -0.2) is 9.59 Å². The third-order valence-corrected chi connectivity index (χ3v) is 18.9. The number of carbonyl (C=O) groups is 9. The van der Waals surface area contributed by atoms with Gasteiger partial charge in [0.2, 0.25) is 11.8 Å². The fourth-order valence-corrected chi connectivity index (χ4v) is 12.4. The van der Waals surface area contributed by atoms with Gasteiger partial charge in [-0.15, -0.1) is 0 Å². The highest BCUT2D eigenvalue weighted by atomic mass is 16.6. The SMILES string of the molecule is C.C.C.C.C=C(O)C(=O)CCc1ccccc1.C=C(O)C(=O)CCc1ccccc1.CC(=O)COCCOCCN.CCCCOCCOCC(=O)O.CCOc1ccc(C(NC(=O)CC(=O)COCCOCCN)c2ccc(OC)cc2OC)cc1.CCOc1ccc(C(NC(C)=O)c2ccc(OC)cc2OC)cc1.O=C(O)COCCOCCCC(=O)OCC1c2ccccc2-c2ccccc21. The first-order valence-corrected chi connectivity index (χ1v) is 44.4. The monoisotopic (exact) mass is 1940 g/mol. The van der Waals surface area contributed by atoms with Crippen LogP contribution in [0.1, 0.15) is 172 Å². The number of aryl methyl sites for hydroxylation is 2. The predicted octanol–water partition coefficient (Wildman–Crippen LogP) is 16.4. The number of aliphatic carboxylic acids is 2. The number of ether oxygens (including phenoxy) is 15. The maximum absolute atomic E-state index is 12.8. The van der Waals surface area contributed by atoms with Crippen molar-refractivity contribution in [2.75, 3.05) is 167 Å². The van der Waals surface area contributed by atoms with Crippen molar-refractivity contribution in [2.45, 2.75) is 140 Å². The quantitative estimate of drug-likeness (QED) is 0.00577. The molecule has 0 spiro atoms. The molecule has 768 valence electrons. The van der Waals surface area contributed by atoms with E-state index in [-0.39, 0.29) is 141 Å². The second-order valence-corrected chi connectivity index (χ2v) is 29.4. The van der Waals surface area contributed by atoms with Crippen LogP contribution in [-0.4, -0.2) is 240 Å². The number of carbonyl (C=O) groups excluding carboxylic acids is 7. The van der Waals surface area contributed by atoms with E-state index in [1.165, 1.54) is 36.1 Å².